The summed E-state index contributed by atoms with van der Waals surface area (Å²) in [4.78, 5) is 8.00. The van der Waals surface area contributed by atoms with Crippen molar-refractivity contribution in [2.24, 2.45) is 0 Å². The normalized spacial score (nSPS) is 10.2. The van der Waals surface area contributed by atoms with Crippen molar-refractivity contribution in [2.45, 2.75) is 13.8 Å². The van der Waals surface area contributed by atoms with Gasteiger partial charge in [-0.2, -0.15) is 0 Å². The second-order valence-corrected chi connectivity index (χ2v) is 4.08. The molecule has 94 valence electrons. The van der Waals surface area contributed by atoms with Crippen molar-refractivity contribution in [3.8, 4) is 17.5 Å². The predicted octanol–water partition coefficient (Wildman–Crippen LogP) is 3.63. The molecule has 0 saturated carbocycles. The first kappa shape index (κ1) is 12.6. The van der Waals surface area contributed by atoms with Gasteiger partial charge in [0.1, 0.15) is 12.1 Å². The van der Waals surface area contributed by atoms with Crippen LogP contribution in [-0.2, 0) is 0 Å². The van der Waals surface area contributed by atoms with E-state index in [1.807, 2.05) is 26.0 Å². The largest absolute Gasteiger partial charge is 0.478 e. The fourth-order valence-electron chi connectivity index (χ4n) is 1.40. The number of aromatic nitrogens is 2. The molecule has 0 aliphatic rings. The third-order valence-corrected chi connectivity index (χ3v) is 2.51. The Bertz CT molecular complexity index is 546. The Labute approximate surface area is 111 Å². The van der Waals surface area contributed by atoms with Gasteiger partial charge in [0.15, 0.2) is 0 Å². The Balaban J connectivity index is 2.22. The van der Waals surface area contributed by atoms with Crippen LogP contribution in [0.3, 0.4) is 0 Å². The lowest BCUT2D eigenvalue weighted by Crippen LogP contribution is -1.96. The molecule has 0 N–H and O–H groups in total. The third-order valence-electron chi connectivity index (χ3n) is 2.27. The van der Waals surface area contributed by atoms with E-state index in [1.54, 1.807) is 12.1 Å². The number of nitrogens with zero attached hydrogens (tertiary/aromatic N) is 2. The van der Waals surface area contributed by atoms with Crippen LogP contribution >= 0.6 is 11.6 Å². The number of benzene rings is 1. The molecule has 0 saturated heterocycles. The number of rotatable bonds is 4. The summed E-state index contributed by atoms with van der Waals surface area (Å²) in [5.41, 5.74) is 0.982. The molecular weight excluding hydrogens is 252 g/mol. The van der Waals surface area contributed by atoms with E-state index < -0.39 is 0 Å². The van der Waals surface area contributed by atoms with Gasteiger partial charge in [-0.1, -0.05) is 17.7 Å². The molecule has 0 fully saturated rings. The molecule has 1 aromatic carbocycles. The third kappa shape index (κ3) is 3.11. The average molecular weight is 265 g/mol. The zero-order valence-corrected chi connectivity index (χ0v) is 10.9. The number of hydrogen-bond acceptors (Lipinski definition) is 4. The van der Waals surface area contributed by atoms with Gasteiger partial charge >= 0.3 is 0 Å². The van der Waals surface area contributed by atoms with Crippen LogP contribution in [0.2, 0.25) is 5.02 Å². The smallest absolute Gasteiger partial charge is 0.226 e. The maximum absolute atomic E-state index is 5.93. The predicted molar refractivity (Wildman–Crippen MR) is 69.5 cm³/mol. The van der Waals surface area contributed by atoms with Gasteiger partial charge in [-0.15, -0.1) is 0 Å². The topological polar surface area (TPSA) is 44.2 Å². The minimum Gasteiger partial charge on any atom is -0.478 e. The Morgan fingerprint density at radius 1 is 1.17 bits per heavy atom. The summed E-state index contributed by atoms with van der Waals surface area (Å²) < 4.78 is 10.9. The molecule has 18 heavy (non-hydrogen) atoms. The number of hydrogen-bond donors (Lipinski definition) is 0. The summed E-state index contributed by atoms with van der Waals surface area (Å²) in [6, 6.07) is 7.10. The highest BCUT2D eigenvalue weighted by Gasteiger charge is 2.05. The van der Waals surface area contributed by atoms with Crippen LogP contribution in [0.25, 0.3) is 0 Å². The van der Waals surface area contributed by atoms with Crippen molar-refractivity contribution in [3.63, 3.8) is 0 Å². The van der Waals surface area contributed by atoms with Crippen LogP contribution in [-0.4, -0.2) is 16.6 Å². The van der Waals surface area contributed by atoms with Gasteiger partial charge in [-0.3, -0.25) is 0 Å². The average Bonchev–Trinajstić information content (AvgIpc) is 2.35. The lowest BCUT2D eigenvalue weighted by molar-refractivity contribution is 0.322. The number of aryl methyl sites for hydroxylation is 1. The number of halogens is 1. The van der Waals surface area contributed by atoms with Crippen molar-refractivity contribution >= 4 is 11.6 Å². The maximum atomic E-state index is 5.93. The van der Waals surface area contributed by atoms with E-state index in [0.29, 0.717) is 29.1 Å². The SMILES string of the molecule is CCOc1cc(Oc2cc(Cl)ccc2C)ncn1. The van der Waals surface area contributed by atoms with Crippen LogP contribution in [0, 0.1) is 6.92 Å². The van der Waals surface area contributed by atoms with Gasteiger partial charge in [0, 0.05) is 5.02 Å². The molecule has 0 aliphatic heterocycles. The fourth-order valence-corrected chi connectivity index (χ4v) is 1.56. The molecule has 0 radical (unpaired) electrons. The summed E-state index contributed by atoms with van der Waals surface area (Å²) in [5, 5.41) is 0.620. The minimum atomic E-state index is 0.429. The van der Waals surface area contributed by atoms with Crippen molar-refractivity contribution in [2.75, 3.05) is 6.61 Å². The van der Waals surface area contributed by atoms with E-state index in [1.165, 1.54) is 6.33 Å². The van der Waals surface area contributed by atoms with Crippen molar-refractivity contribution in [3.05, 3.63) is 41.2 Å². The van der Waals surface area contributed by atoms with Gasteiger partial charge in [-0.05, 0) is 31.5 Å². The Morgan fingerprint density at radius 2 is 1.94 bits per heavy atom. The van der Waals surface area contributed by atoms with Crippen LogP contribution < -0.4 is 9.47 Å². The summed E-state index contributed by atoms with van der Waals surface area (Å²) in [7, 11) is 0. The van der Waals surface area contributed by atoms with Crippen molar-refractivity contribution in [1.82, 2.24) is 9.97 Å². The molecule has 0 aliphatic carbocycles. The molecule has 0 atom stereocenters. The summed E-state index contributed by atoms with van der Waals surface area (Å²) in [6.07, 6.45) is 1.40. The summed E-state index contributed by atoms with van der Waals surface area (Å²) in [5.74, 6) is 1.59. The zero-order chi connectivity index (χ0) is 13.0. The Morgan fingerprint density at radius 3 is 2.72 bits per heavy atom. The summed E-state index contributed by atoms with van der Waals surface area (Å²) >= 11 is 5.93. The molecular formula is C13H13ClN2O2. The molecule has 1 aromatic heterocycles. The second kappa shape index (κ2) is 5.69. The molecule has 2 rings (SSSR count). The lowest BCUT2D eigenvalue weighted by Gasteiger charge is -2.08. The van der Waals surface area contributed by atoms with Crippen LogP contribution in [0.5, 0.6) is 17.5 Å². The van der Waals surface area contributed by atoms with Gasteiger partial charge in [0.05, 0.1) is 12.7 Å². The summed E-state index contributed by atoms with van der Waals surface area (Å²) in [6.45, 7) is 4.38. The molecule has 0 spiro atoms. The van der Waals surface area contributed by atoms with Crippen LogP contribution in [0.1, 0.15) is 12.5 Å². The van der Waals surface area contributed by atoms with Gasteiger partial charge in [0.2, 0.25) is 11.8 Å². The van der Waals surface area contributed by atoms with Gasteiger partial charge in [-0.25, -0.2) is 9.97 Å². The van der Waals surface area contributed by atoms with Crippen LogP contribution in [0.4, 0.5) is 0 Å². The Kier molecular flexibility index (Phi) is 3.99. The van der Waals surface area contributed by atoms with E-state index in [-0.39, 0.29) is 0 Å². The highest BCUT2D eigenvalue weighted by Crippen LogP contribution is 2.27. The molecule has 0 amide bonds. The fraction of sp³-hybridized carbons (Fsp3) is 0.231. The molecule has 0 unspecified atom stereocenters. The van der Waals surface area contributed by atoms with Gasteiger partial charge < -0.3 is 9.47 Å². The van der Waals surface area contributed by atoms with Crippen LogP contribution in [0.15, 0.2) is 30.6 Å². The first-order valence-electron chi connectivity index (χ1n) is 5.58. The van der Waals surface area contributed by atoms with Gasteiger partial charge in [0.25, 0.3) is 0 Å². The molecule has 1 heterocycles. The molecule has 5 heteroatoms. The Hall–Kier alpha value is -1.81. The number of ether oxygens (including phenoxy) is 2. The molecule has 0 bridgehead atoms. The lowest BCUT2D eigenvalue weighted by atomic mass is 10.2. The van der Waals surface area contributed by atoms with E-state index in [0.717, 1.165) is 5.56 Å². The molecule has 4 nitrogen and oxygen atoms in total. The first-order valence-corrected chi connectivity index (χ1v) is 5.95. The highest BCUT2D eigenvalue weighted by atomic mass is 35.5. The standard InChI is InChI=1S/C13H13ClN2O2/c1-3-17-12-7-13(16-8-15-12)18-11-6-10(14)5-4-9(11)2/h4-8H,3H2,1-2H3. The second-order valence-electron chi connectivity index (χ2n) is 3.64. The zero-order valence-electron chi connectivity index (χ0n) is 10.2. The quantitative estimate of drug-likeness (QED) is 0.846. The monoisotopic (exact) mass is 264 g/mol. The van der Waals surface area contributed by atoms with Crippen molar-refractivity contribution in [1.29, 1.82) is 0 Å². The highest BCUT2D eigenvalue weighted by molar-refractivity contribution is 6.30. The first-order chi connectivity index (χ1) is 8.69. The van der Waals surface area contributed by atoms with E-state index >= 15 is 0 Å². The van der Waals surface area contributed by atoms with E-state index in [9.17, 15) is 0 Å². The minimum absolute atomic E-state index is 0.429. The molecule has 2 aromatic rings. The van der Waals surface area contributed by atoms with E-state index in [4.69, 9.17) is 21.1 Å². The maximum Gasteiger partial charge on any atom is 0.226 e. The van der Waals surface area contributed by atoms with Crippen molar-refractivity contribution < 1.29 is 9.47 Å². The van der Waals surface area contributed by atoms with E-state index in [2.05, 4.69) is 9.97 Å².